The van der Waals surface area contributed by atoms with Crippen LogP contribution in [0.15, 0.2) is 0 Å². The van der Waals surface area contributed by atoms with E-state index in [2.05, 4.69) is 25.7 Å². The molecule has 0 aromatic rings. The highest BCUT2D eigenvalue weighted by molar-refractivity contribution is 4.79. The van der Waals surface area contributed by atoms with Crippen molar-refractivity contribution in [3.63, 3.8) is 0 Å². The Morgan fingerprint density at radius 1 is 1.18 bits per heavy atom. The van der Waals surface area contributed by atoms with E-state index in [1.165, 1.54) is 19.3 Å². The first-order valence-corrected chi connectivity index (χ1v) is 9.05. The van der Waals surface area contributed by atoms with Gasteiger partial charge in [-0.2, -0.15) is 0 Å². The molecular formula is C18H35NO3. The van der Waals surface area contributed by atoms with Crippen molar-refractivity contribution < 1.29 is 14.6 Å². The van der Waals surface area contributed by atoms with E-state index in [9.17, 15) is 5.11 Å². The summed E-state index contributed by atoms with van der Waals surface area (Å²) in [6.45, 7) is 11.9. The first-order chi connectivity index (χ1) is 10.4. The topological polar surface area (TPSA) is 41.9 Å². The van der Waals surface area contributed by atoms with Crippen LogP contribution in [0, 0.1) is 11.3 Å². The van der Waals surface area contributed by atoms with Gasteiger partial charge in [0.2, 0.25) is 0 Å². The molecule has 1 N–H and O–H groups in total. The van der Waals surface area contributed by atoms with Gasteiger partial charge >= 0.3 is 0 Å². The van der Waals surface area contributed by atoms with Crippen molar-refractivity contribution in [3.8, 4) is 0 Å². The highest BCUT2D eigenvalue weighted by atomic mass is 16.5. The van der Waals surface area contributed by atoms with Crippen molar-refractivity contribution in [2.45, 2.75) is 65.1 Å². The van der Waals surface area contributed by atoms with Crippen molar-refractivity contribution in [1.82, 2.24) is 4.90 Å². The molecule has 2 aliphatic heterocycles. The molecule has 0 radical (unpaired) electrons. The highest BCUT2D eigenvalue weighted by Crippen LogP contribution is 2.34. The molecule has 0 aromatic heterocycles. The number of β-amino-alcohol motifs (C(OH)–C–C–N with tert-alkyl or cyclic N) is 1. The summed E-state index contributed by atoms with van der Waals surface area (Å²) in [7, 11) is 0. The predicted octanol–water partition coefficient (Wildman–Crippen LogP) is 2.69. The van der Waals surface area contributed by atoms with Crippen molar-refractivity contribution in [2.75, 3.05) is 39.5 Å². The molecule has 0 bridgehead atoms. The Morgan fingerprint density at radius 2 is 2.00 bits per heavy atom. The van der Waals surface area contributed by atoms with E-state index in [0.717, 1.165) is 45.0 Å². The van der Waals surface area contributed by atoms with Crippen molar-refractivity contribution in [2.24, 2.45) is 11.3 Å². The molecule has 4 nitrogen and oxygen atoms in total. The highest BCUT2D eigenvalue weighted by Gasteiger charge is 2.27. The van der Waals surface area contributed by atoms with Gasteiger partial charge in [0, 0.05) is 13.2 Å². The monoisotopic (exact) mass is 313 g/mol. The molecule has 0 aromatic carbocycles. The number of aliphatic hydroxyl groups excluding tert-OH is 1. The lowest BCUT2D eigenvalue weighted by Gasteiger charge is -2.30. The normalized spacial score (nSPS) is 29.5. The SMILES string of the molecule is CC(C)(C)C1CCCN(CC(O)COCC2CCCO2)CC1. The average Bonchev–Trinajstić information content (AvgIpc) is 2.83. The zero-order valence-electron chi connectivity index (χ0n) is 14.7. The number of aliphatic hydroxyl groups is 1. The molecule has 2 fully saturated rings. The van der Waals surface area contributed by atoms with Crippen molar-refractivity contribution in [1.29, 1.82) is 0 Å². The van der Waals surface area contributed by atoms with Gasteiger partial charge in [-0.15, -0.1) is 0 Å². The minimum atomic E-state index is -0.382. The Balaban J connectivity index is 1.62. The average molecular weight is 313 g/mol. The summed E-state index contributed by atoms with van der Waals surface area (Å²) in [6, 6.07) is 0. The summed E-state index contributed by atoms with van der Waals surface area (Å²) >= 11 is 0. The lowest BCUT2D eigenvalue weighted by molar-refractivity contribution is -0.0250. The van der Waals surface area contributed by atoms with Crippen molar-refractivity contribution in [3.05, 3.63) is 0 Å². The van der Waals surface area contributed by atoms with E-state index >= 15 is 0 Å². The molecule has 2 saturated heterocycles. The van der Waals surface area contributed by atoms with E-state index < -0.39 is 0 Å². The molecule has 0 amide bonds. The van der Waals surface area contributed by atoms with Gasteiger partial charge in [-0.1, -0.05) is 20.8 Å². The molecule has 0 spiro atoms. The Labute approximate surface area is 136 Å². The van der Waals surface area contributed by atoms with Gasteiger partial charge in [0.1, 0.15) is 0 Å². The van der Waals surface area contributed by atoms with Crippen LogP contribution in [0.3, 0.4) is 0 Å². The third-order valence-electron chi connectivity index (χ3n) is 5.15. The van der Waals surface area contributed by atoms with Crippen LogP contribution in [-0.2, 0) is 9.47 Å². The summed E-state index contributed by atoms with van der Waals surface area (Å²) in [5.41, 5.74) is 0.402. The number of nitrogens with zero attached hydrogens (tertiary/aromatic N) is 1. The van der Waals surface area contributed by atoms with Crippen LogP contribution in [0.4, 0.5) is 0 Å². The van der Waals surface area contributed by atoms with E-state index in [1.807, 2.05) is 0 Å². The number of hydrogen-bond acceptors (Lipinski definition) is 4. The molecule has 22 heavy (non-hydrogen) atoms. The Kier molecular flexibility index (Phi) is 7.13. The fourth-order valence-electron chi connectivity index (χ4n) is 3.67. The zero-order chi connectivity index (χ0) is 16.0. The standard InChI is InChI=1S/C18H35NO3/c1-18(2,3)15-6-4-9-19(10-8-15)12-16(20)13-21-14-17-7-5-11-22-17/h15-17,20H,4-14H2,1-3H3. The molecule has 4 heteroatoms. The van der Waals surface area contributed by atoms with Crippen molar-refractivity contribution >= 4 is 0 Å². The second-order valence-corrected chi connectivity index (χ2v) is 8.12. The lowest BCUT2D eigenvalue weighted by atomic mass is 9.77. The fourth-order valence-corrected chi connectivity index (χ4v) is 3.67. The molecule has 2 aliphatic rings. The maximum Gasteiger partial charge on any atom is 0.0900 e. The van der Waals surface area contributed by atoms with Gasteiger partial charge in [0.15, 0.2) is 0 Å². The Bertz CT molecular complexity index is 310. The summed E-state index contributed by atoms with van der Waals surface area (Å²) in [5.74, 6) is 0.797. The first kappa shape index (κ1) is 18.2. The maximum atomic E-state index is 10.2. The van der Waals surface area contributed by atoms with Crippen LogP contribution in [0.5, 0.6) is 0 Å². The zero-order valence-corrected chi connectivity index (χ0v) is 14.7. The van der Waals surface area contributed by atoms with E-state index in [1.54, 1.807) is 0 Å². The number of ether oxygens (including phenoxy) is 2. The number of rotatable bonds is 6. The van der Waals surface area contributed by atoms with E-state index in [0.29, 0.717) is 18.6 Å². The minimum absolute atomic E-state index is 0.248. The Hall–Kier alpha value is -0.160. The molecule has 0 saturated carbocycles. The van der Waals surface area contributed by atoms with Crippen LogP contribution in [-0.4, -0.2) is 61.7 Å². The van der Waals surface area contributed by atoms with Gasteiger partial charge in [0.25, 0.3) is 0 Å². The van der Waals surface area contributed by atoms with Crippen LogP contribution in [0.1, 0.15) is 52.9 Å². The van der Waals surface area contributed by atoms with Gasteiger partial charge in [-0.05, 0) is 56.5 Å². The van der Waals surface area contributed by atoms with Gasteiger partial charge in [-0.3, -0.25) is 0 Å². The summed E-state index contributed by atoms with van der Waals surface area (Å²) < 4.78 is 11.2. The van der Waals surface area contributed by atoms with E-state index in [-0.39, 0.29) is 12.2 Å². The van der Waals surface area contributed by atoms with Gasteiger partial charge in [0.05, 0.1) is 25.4 Å². The van der Waals surface area contributed by atoms with Crippen LogP contribution in [0.2, 0.25) is 0 Å². The quantitative estimate of drug-likeness (QED) is 0.819. The fraction of sp³-hybridized carbons (Fsp3) is 1.00. The molecule has 0 aliphatic carbocycles. The summed E-state index contributed by atoms with van der Waals surface area (Å²) in [5, 5.41) is 10.2. The largest absolute Gasteiger partial charge is 0.389 e. The molecule has 3 unspecified atom stereocenters. The third-order valence-corrected chi connectivity index (χ3v) is 5.15. The number of likely N-dealkylation sites (tertiary alicyclic amines) is 1. The van der Waals surface area contributed by atoms with Gasteiger partial charge in [-0.25, -0.2) is 0 Å². The van der Waals surface area contributed by atoms with Crippen LogP contribution >= 0.6 is 0 Å². The molecule has 130 valence electrons. The van der Waals surface area contributed by atoms with Crippen LogP contribution < -0.4 is 0 Å². The summed E-state index contributed by atoms with van der Waals surface area (Å²) in [4.78, 5) is 2.41. The lowest BCUT2D eigenvalue weighted by Crippen LogP contribution is -2.36. The maximum absolute atomic E-state index is 10.2. The number of hydrogen-bond donors (Lipinski definition) is 1. The molecule has 2 heterocycles. The van der Waals surface area contributed by atoms with E-state index in [4.69, 9.17) is 9.47 Å². The Morgan fingerprint density at radius 3 is 2.68 bits per heavy atom. The van der Waals surface area contributed by atoms with Gasteiger partial charge < -0.3 is 19.5 Å². The summed E-state index contributed by atoms with van der Waals surface area (Å²) in [6.07, 6.45) is 5.89. The first-order valence-electron chi connectivity index (χ1n) is 9.05. The smallest absolute Gasteiger partial charge is 0.0900 e. The minimum Gasteiger partial charge on any atom is -0.389 e. The molecule has 3 atom stereocenters. The molecular weight excluding hydrogens is 278 g/mol. The predicted molar refractivity (Wildman–Crippen MR) is 89.0 cm³/mol. The second kappa shape index (κ2) is 8.62. The molecule has 2 rings (SSSR count). The second-order valence-electron chi connectivity index (χ2n) is 8.12. The van der Waals surface area contributed by atoms with Crippen LogP contribution in [0.25, 0.3) is 0 Å². The third kappa shape index (κ3) is 6.15.